The van der Waals surface area contributed by atoms with Crippen molar-refractivity contribution in [2.45, 2.75) is 52.7 Å². The molecule has 0 unspecified atom stereocenters. The molecule has 0 fully saturated rings. The predicted octanol–water partition coefficient (Wildman–Crippen LogP) is 3.29. The van der Waals surface area contributed by atoms with Gasteiger partial charge >= 0.3 is 0 Å². The molecule has 0 aliphatic heterocycles. The highest BCUT2D eigenvalue weighted by Gasteiger charge is 2.08. The first kappa shape index (κ1) is 17.0. The molecule has 114 valence electrons. The van der Waals surface area contributed by atoms with E-state index in [9.17, 15) is 0 Å². The summed E-state index contributed by atoms with van der Waals surface area (Å²) in [4.78, 5) is 2.28. The number of ether oxygens (including phenoxy) is 1. The van der Waals surface area contributed by atoms with Gasteiger partial charge in [0.1, 0.15) is 12.4 Å². The number of hydrogen-bond acceptors (Lipinski definition) is 3. The second-order valence-corrected chi connectivity index (χ2v) is 6.67. The number of rotatable bonds is 7. The van der Waals surface area contributed by atoms with Gasteiger partial charge < -0.3 is 15.0 Å². The Kier molecular flexibility index (Phi) is 6.50. The van der Waals surface area contributed by atoms with E-state index in [1.54, 1.807) is 0 Å². The molecule has 1 aromatic carbocycles. The minimum absolute atomic E-state index is 0.136. The summed E-state index contributed by atoms with van der Waals surface area (Å²) in [6.07, 6.45) is 0. The van der Waals surface area contributed by atoms with Crippen molar-refractivity contribution in [1.82, 2.24) is 10.2 Å². The Morgan fingerprint density at radius 3 is 2.55 bits per heavy atom. The maximum atomic E-state index is 5.83. The molecule has 3 nitrogen and oxygen atoms in total. The third-order valence-corrected chi connectivity index (χ3v) is 3.32. The standard InChI is InChI=1S/C17H30N2O/c1-14(2)19(6)10-11-20-16-9-7-8-15(12-16)13-18-17(3,4)5/h7-9,12,14,18H,10-11,13H2,1-6H3. The molecule has 0 saturated heterocycles. The van der Waals surface area contributed by atoms with Crippen LogP contribution >= 0.6 is 0 Å². The Morgan fingerprint density at radius 2 is 1.95 bits per heavy atom. The van der Waals surface area contributed by atoms with Crippen LogP contribution in [0.1, 0.15) is 40.2 Å². The quantitative estimate of drug-likeness (QED) is 0.828. The van der Waals surface area contributed by atoms with Crippen LogP contribution in [-0.2, 0) is 6.54 Å². The molecule has 1 rings (SSSR count). The monoisotopic (exact) mass is 278 g/mol. The van der Waals surface area contributed by atoms with Crippen molar-refractivity contribution in [3.8, 4) is 5.75 Å². The van der Waals surface area contributed by atoms with Crippen molar-refractivity contribution >= 4 is 0 Å². The van der Waals surface area contributed by atoms with Gasteiger partial charge in [0, 0.05) is 24.7 Å². The van der Waals surface area contributed by atoms with E-state index < -0.39 is 0 Å². The number of likely N-dealkylation sites (N-methyl/N-ethyl adjacent to an activating group) is 1. The van der Waals surface area contributed by atoms with E-state index in [0.717, 1.165) is 25.4 Å². The lowest BCUT2D eigenvalue weighted by molar-refractivity contribution is 0.208. The molecule has 0 amide bonds. The van der Waals surface area contributed by atoms with Crippen molar-refractivity contribution in [2.75, 3.05) is 20.2 Å². The normalized spacial score (nSPS) is 12.2. The van der Waals surface area contributed by atoms with Gasteiger partial charge in [-0.1, -0.05) is 12.1 Å². The predicted molar refractivity (Wildman–Crippen MR) is 86.3 cm³/mol. The molecule has 0 saturated carbocycles. The van der Waals surface area contributed by atoms with Gasteiger partial charge in [-0.05, 0) is 59.4 Å². The topological polar surface area (TPSA) is 24.5 Å². The van der Waals surface area contributed by atoms with E-state index in [1.165, 1.54) is 5.56 Å². The van der Waals surface area contributed by atoms with Crippen LogP contribution < -0.4 is 10.1 Å². The molecule has 0 spiro atoms. The van der Waals surface area contributed by atoms with Crippen molar-refractivity contribution in [2.24, 2.45) is 0 Å². The second kappa shape index (κ2) is 7.65. The molecule has 0 aliphatic rings. The van der Waals surface area contributed by atoms with E-state index in [4.69, 9.17) is 4.74 Å². The summed E-state index contributed by atoms with van der Waals surface area (Å²) in [5.74, 6) is 0.954. The molecule has 0 aliphatic carbocycles. The molecule has 0 aromatic heterocycles. The van der Waals surface area contributed by atoms with Crippen molar-refractivity contribution in [1.29, 1.82) is 0 Å². The zero-order chi connectivity index (χ0) is 15.2. The van der Waals surface area contributed by atoms with Crippen LogP contribution in [0.15, 0.2) is 24.3 Å². The SMILES string of the molecule is CC(C)N(C)CCOc1cccc(CNC(C)(C)C)c1. The van der Waals surface area contributed by atoms with Crippen LogP contribution in [0, 0.1) is 0 Å². The first-order chi connectivity index (χ1) is 9.28. The lowest BCUT2D eigenvalue weighted by Crippen LogP contribution is -2.35. The summed E-state index contributed by atoms with van der Waals surface area (Å²) < 4.78 is 5.83. The molecule has 0 atom stereocenters. The number of benzene rings is 1. The third kappa shape index (κ3) is 6.92. The average molecular weight is 278 g/mol. The van der Waals surface area contributed by atoms with E-state index in [1.807, 2.05) is 6.07 Å². The first-order valence-corrected chi connectivity index (χ1v) is 7.45. The highest BCUT2D eigenvalue weighted by Crippen LogP contribution is 2.14. The van der Waals surface area contributed by atoms with Crippen LogP contribution in [0.3, 0.4) is 0 Å². The Bertz CT molecular complexity index is 396. The van der Waals surface area contributed by atoms with E-state index in [-0.39, 0.29) is 5.54 Å². The van der Waals surface area contributed by atoms with Gasteiger partial charge in [-0.25, -0.2) is 0 Å². The maximum Gasteiger partial charge on any atom is 0.119 e. The fourth-order valence-electron chi connectivity index (χ4n) is 1.68. The molecular weight excluding hydrogens is 248 g/mol. The van der Waals surface area contributed by atoms with Crippen molar-refractivity contribution < 1.29 is 4.74 Å². The van der Waals surface area contributed by atoms with Crippen molar-refractivity contribution in [3.05, 3.63) is 29.8 Å². The zero-order valence-electron chi connectivity index (χ0n) is 13.9. The Hall–Kier alpha value is -1.06. The molecular formula is C17H30N2O. The van der Waals surface area contributed by atoms with Crippen LogP contribution in [-0.4, -0.2) is 36.7 Å². The van der Waals surface area contributed by atoms with E-state index >= 15 is 0 Å². The summed E-state index contributed by atoms with van der Waals surface area (Å²) in [5, 5.41) is 3.49. The fourth-order valence-corrected chi connectivity index (χ4v) is 1.68. The highest BCUT2D eigenvalue weighted by molar-refractivity contribution is 5.28. The molecule has 1 aromatic rings. The lowest BCUT2D eigenvalue weighted by atomic mass is 10.1. The second-order valence-electron chi connectivity index (χ2n) is 6.67. The molecule has 3 heteroatoms. The van der Waals surface area contributed by atoms with Gasteiger partial charge in [0.05, 0.1) is 0 Å². The summed E-state index contributed by atoms with van der Waals surface area (Å²) in [7, 11) is 2.12. The molecule has 0 heterocycles. The molecule has 1 N–H and O–H groups in total. The van der Waals surface area contributed by atoms with E-state index in [2.05, 4.69) is 70.1 Å². The Balaban J connectivity index is 2.43. The average Bonchev–Trinajstić information content (AvgIpc) is 2.36. The molecule has 20 heavy (non-hydrogen) atoms. The minimum atomic E-state index is 0.136. The number of hydrogen-bond donors (Lipinski definition) is 1. The van der Waals surface area contributed by atoms with Crippen LogP contribution in [0.4, 0.5) is 0 Å². The third-order valence-electron chi connectivity index (χ3n) is 3.32. The Morgan fingerprint density at radius 1 is 1.25 bits per heavy atom. The fraction of sp³-hybridized carbons (Fsp3) is 0.647. The molecule has 0 radical (unpaired) electrons. The largest absolute Gasteiger partial charge is 0.492 e. The smallest absolute Gasteiger partial charge is 0.119 e. The zero-order valence-corrected chi connectivity index (χ0v) is 13.9. The minimum Gasteiger partial charge on any atom is -0.492 e. The molecule has 0 bridgehead atoms. The summed E-state index contributed by atoms with van der Waals surface area (Å²) >= 11 is 0. The number of nitrogens with zero attached hydrogens (tertiary/aromatic N) is 1. The number of nitrogens with one attached hydrogen (secondary N) is 1. The Labute approximate surface area is 124 Å². The summed E-state index contributed by atoms with van der Waals surface area (Å²) in [6, 6.07) is 8.89. The lowest BCUT2D eigenvalue weighted by Gasteiger charge is -2.21. The van der Waals surface area contributed by atoms with Crippen LogP contribution in [0.5, 0.6) is 5.75 Å². The summed E-state index contributed by atoms with van der Waals surface area (Å²) in [5.41, 5.74) is 1.39. The first-order valence-electron chi connectivity index (χ1n) is 7.45. The van der Waals surface area contributed by atoms with E-state index in [0.29, 0.717) is 6.04 Å². The van der Waals surface area contributed by atoms with Gasteiger partial charge in [0.15, 0.2) is 0 Å². The van der Waals surface area contributed by atoms with Gasteiger partial charge in [0.25, 0.3) is 0 Å². The summed E-state index contributed by atoms with van der Waals surface area (Å²) in [6.45, 7) is 13.5. The van der Waals surface area contributed by atoms with Crippen LogP contribution in [0.2, 0.25) is 0 Å². The van der Waals surface area contributed by atoms with Crippen LogP contribution in [0.25, 0.3) is 0 Å². The highest BCUT2D eigenvalue weighted by atomic mass is 16.5. The van der Waals surface area contributed by atoms with Crippen molar-refractivity contribution in [3.63, 3.8) is 0 Å². The van der Waals surface area contributed by atoms with Gasteiger partial charge in [-0.15, -0.1) is 0 Å². The van der Waals surface area contributed by atoms with Gasteiger partial charge in [-0.3, -0.25) is 0 Å². The van der Waals surface area contributed by atoms with Gasteiger partial charge in [-0.2, -0.15) is 0 Å². The maximum absolute atomic E-state index is 5.83. The van der Waals surface area contributed by atoms with Gasteiger partial charge in [0.2, 0.25) is 0 Å².